The van der Waals surface area contributed by atoms with Crippen molar-refractivity contribution in [2.24, 2.45) is 0 Å². The number of nitrogens with two attached hydrogens (primary N) is 1. The predicted molar refractivity (Wildman–Crippen MR) is 57.2 cm³/mol. The van der Waals surface area contributed by atoms with Gasteiger partial charge in [-0.1, -0.05) is 0 Å². The molecule has 6 heteroatoms. The van der Waals surface area contributed by atoms with Gasteiger partial charge in [0.1, 0.15) is 5.69 Å². The summed E-state index contributed by atoms with van der Waals surface area (Å²) >= 11 is 0. The molecule has 1 aliphatic heterocycles. The van der Waals surface area contributed by atoms with Gasteiger partial charge in [0.2, 0.25) is 0 Å². The minimum absolute atomic E-state index is 0.187. The number of halogens is 2. The zero-order chi connectivity index (χ0) is 11.8. The lowest BCUT2D eigenvalue weighted by molar-refractivity contribution is -0.0220. The quantitative estimate of drug-likeness (QED) is 0.724. The Balaban J connectivity index is 2.21. The highest BCUT2D eigenvalue weighted by molar-refractivity contribution is 5.44. The van der Waals surface area contributed by atoms with Crippen molar-refractivity contribution in [3.8, 4) is 0 Å². The van der Waals surface area contributed by atoms with Crippen LogP contribution in [-0.4, -0.2) is 23.7 Å². The van der Waals surface area contributed by atoms with E-state index in [0.29, 0.717) is 5.69 Å². The molecule has 0 unspecified atom stereocenters. The maximum absolute atomic E-state index is 12.9. The van der Waals surface area contributed by atoms with Crippen molar-refractivity contribution >= 4 is 5.69 Å². The standard InChI is InChI=1S/C10H13F2N3O/c11-10(12)3-6-14(7-4-10)8-2-1-5-15(13)9(8)16/h1-2,5H,3-4,6-7,13H2. The second-order valence-electron chi connectivity index (χ2n) is 3.95. The fraction of sp³-hybridized carbons (Fsp3) is 0.500. The molecule has 2 rings (SSSR count). The third-order valence-corrected chi connectivity index (χ3v) is 2.79. The largest absolute Gasteiger partial charge is 0.367 e. The van der Waals surface area contributed by atoms with E-state index in [0.717, 1.165) is 4.68 Å². The first kappa shape index (κ1) is 10.9. The van der Waals surface area contributed by atoms with E-state index in [1.54, 1.807) is 17.0 Å². The van der Waals surface area contributed by atoms with E-state index in [2.05, 4.69) is 0 Å². The van der Waals surface area contributed by atoms with Crippen LogP contribution in [0.3, 0.4) is 0 Å². The molecule has 0 saturated carbocycles. The van der Waals surface area contributed by atoms with Crippen LogP contribution < -0.4 is 16.3 Å². The Morgan fingerprint density at radius 1 is 1.31 bits per heavy atom. The Bertz CT molecular complexity index is 434. The number of nitrogens with zero attached hydrogens (tertiary/aromatic N) is 2. The first-order chi connectivity index (χ1) is 7.49. The van der Waals surface area contributed by atoms with Crippen LogP contribution in [0, 0.1) is 0 Å². The van der Waals surface area contributed by atoms with Gasteiger partial charge < -0.3 is 10.7 Å². The molecule has 1 saturated heterocycles. The van der Waals surface area contributed by atoms with Crippen LogP contribution in [0.25, 0.3) is 0 Å². The molecule has 16 heavy (non-hydrogen) atoms. The number of piperidine rings is 1. The number of aromatic nitrogens is 1. The molecule has 88 valence electrons. The number of rotatable bonds is 1. The highest BCUT2D eigenvalue weighted by Gasteiger charge is 2.34. The van der Waals surface area contributed by atoms with E-state index in [1.807, 2.05) is 0 Å². The zero-order valence-electron chi connectivity index (χ0n) is 8.70. The zero-order valence-corrected chi connectivity index (χ0v) is 8.70. The molecule has 0 atom stereocenters. The molecule has 0 amide bonds. The summed E-state index contributed by atoms with van der Waals surface area (Å²) < 4.78 is 26.8. The van der Waals surface area contributed by atoms with Crippen molar-refractivity contribution in [3.05, 3.63) is 28.7 Å². The molecule has 4 nitrogen and oxygen atoms in total. The van der Waals surface area contributed by atoms with Crippen molar-refractivity contribution in [1.29, 1.82) is 0 Å². The van der Waals surface area contributed by atoms with Crippen LogP contribution >= 0.6 is 0 Å². The summed E-state index contributed by atoms with van der Waals surface area (Å²) in [6.45, 7) is 0.374. The van der Waals surface area contributed by atoms with E-state index in [-0.39, 0.29) is 31.5 Å². The number of alkyl halides is 2. The van der Waals surface area contributed by atoms with Crippen molar-refractivity contribution in [2.75, 3.05) is 23.8 Å². The van der Waals surface area contributed by atoms with Gasteiger partial charge in [-0.05, 0) is 12.1 Å². The van der Waals surface area contributed by atoms with E-state index >= 15 is 0 Å². The van der Waals surface area contributed by atoms with Gasteiger partial charge in [0.25, 0.3) is 11.5 Å². The molecule has 0 aliphatic carbocycles. The van der Waals surface area contributed by atoms with Gasteiger partial charge in [0, 0.05) is 32.1 Å². The third kappa shape index (κ3) is 2.00. The molecule has 2 N–H and O–H groups in total. The Morgan fingerprint density at radius 3 is 2.56 bits per heavy atom. The van der Waals surface area contributed by atoms with E-state index in [1.165, 1.54) is 6.20 Å². The van der Waals surface area contributed by atoms with E-state index in [9.17, 15) is 13.6 Å². The Hall–Kier alpha value is -1.59. The van der Waals surface area contributed by atoms with Crippen LogP contribution in [-0.2, 0) is 0 Å². The minimum atomic E-state index is -2.60. The van der Waals surface area contributed by atoms with Crippen molar-refractivity contribution in [3.63, 3.8) is 0 Å². The number of pyridine rings is 1. The summed E-state index contributed by atoms with van der Waals surface area (Å²) in [5.74, 6) is 2.81. The topological polar surface area (TPSA) is 51.3 Å². The lowest BCUT2D eigenvalue weighted by Gasteiger charge is -2.32. The number of nitrogen functional groups attached to an aromatic ring is 1. The molecule has 0 bridgehead atoms. The second-order valence-corrected chi connectivity index (χ2v) is 3.95. The Kier molecular flexibility index (Phi) is 2.57. The van der Waals surface area contributed by atoms with Crippen LogP contribution in [0.2, 0.25) is 0 Å². The van der Waals surface area contributed by atoms with Gasteiger partial charge >= 0.3 is 0 Å². The summed E-state index contributed by atoms with van der Waals surface area (Å²) in [6, 6.07) is 3.23. The minimum Gasteiger partial charge on any atom is -0.367 e. The fourth-order valence-electron chi connectivity index (χ4n) is 1.81. The Morgan fingerprint density at radius 2 is 1.94 bits per heavy atom. The average molecular weight is 229 g/mol. The van der Waals surface area contributed by atoms with Gasteiger partial charge in [-0.15, -0.1) is 0 Å². The molecule has 1 aromatic heterocycles. The van der Waals surface area contributed by atoms with E-state index < -0.39 is 5.92 Å². The number of hydrogen-bond acceptors (Lipinski definition) is 3. The Labute approximate surface area is 91.2 Å². The highest BCUT2D eigenvalue weighted by atomic mass is 19.3. The average Bonchev–Trinajstić information content (AvgIpc) is 2.23. The summed E-state index contributed by atoms with van der Waals surface area (Å²) in [6.07, 6.45) is 1.00. The predicted octanol–water partition coefficient (Wildman–Crippen LogP) is 0.798. The lowest BCUT2D eigenvalue weighted by Crippen LogP contribution is -2.43. The first-order valence-corrected chi connectivity index (χ1v) is 5.09. The van der Waals surface area contributed by atoms with Crippen molar-refractivity contribution in [2.45, 2.75) is 18.8 Å². The summed E-state index contributed by atoms with van der Waals surface area (Å²) in [4.78, 5) is 13.3. The van der Waals surface area contributed by atoms with Crippen molar-refractivity contribution in [1.82, 2.24) is 4.68 Å². The van der Waals surface area contributed by atoms with Crippen LogP contribution in [0.1, 0.15) is 12.8 Å². The lowest BCUT2D eigenvalue weighted by atomic mass is 10.1. The molecule has 2 heterocycles. The molecular formula is C10H13F2N3O. The maximum atomic E-state index is 12.9. The van der Waals surface area contributed by atoms with Crippen LogP contribution in [0.5, 0.6) is 0 Å². The number of anilines is 1. The highest BCUT2D eigenvalue weighted by Crippen LogP contribution is 2.29. The summed E-state index contributed by atoms with van der Waals surface area (Å²) in [5.41, 5.74) is 0.0354. The molecule has 1 aromatic rings. The molecule has 1 fully saturated rings. The number of hydrogen-bond donors (Lipinski definition) is 1. The molecule has 0 radical (unpaired) electrons. The molecule has 1 aliphatic rings. The van der Waals surface area contributed by atoms with Gasteiger partial charge in [0.05, 0.1) is 0 Å². The first-order valence-electron chi connectivity index (χ1n) is 5.09. The molecule has 0 aromatic carbocycles. The summed E-state index contributed by atoms with van der Waals surface area (Å²) in [5, 5.41) is 0. The monoisotopic (exact) mass is 229 g/mol. The fourth-order valence-corrected chi connectivity index (χ4v) is 1.81. The normalized spacial score (nSPS) is 19.8. The summed E-state index contributed by atoms with van der Waals surface area (Å²) in [7, 11) is 0. The van der Waals surface area contributed by atoms with Gasteiger partial charge in [-0.25, -0.2) is 13.5 Å². The maximum Gasteiger partial charge on any atom is 0.292 e. The second kappa shape index (κ2) is 3.77. The van der Waals surface area contributed by atoms with Gasteiger partial charge in [0.15, 0.2) is 0 Å². The van der Waals surface area contributed by atoms with Crippen LogP contribution in [0.4, 0.5) is 14.5 Å². The molecular weight excluding hydrogens is 216 g/mol. The van der Waals surface area contributed by atoms with Crippen molar-refractivity contribution < 1.29 is 8.78 Å². The van der Waals surface area contributed by atoms with Gasteiger partial charge in [-0.3, -0.25) is 4.79 Å². The molecule has 0 spiro atoms. The third-order valence-electron chi connectivity index (χ3n) is 2.79. The van der Waals surface area contributed by atoms with Gasteiger partial charge in [-0.2, -0.15) is 0 Å². The van der Waals surface area contributed by atoms with Crippen LogP contribution in [0.15, 0.2) is 23.1 Å². The van der Waals surface area contributed by atoms with E-state index in [4.69, 9.17) is 5.84 Å². The smallest absolute Gasteiger partial charge is 0.292 e. The SMILES string of the molecule is Nn1cccc(N2CCC(F)(F)CC2)c1=O.